The molecule has 0 radical (unpaired) electrons. The third-order valence-corrected chi connectivity index (χ3v) is 10.3. The van der Waals surface area contributed by atoms with Gasteiger partial charge in [-0.05, 0) is 18.6 Å². The van der Waals surface area contributed by atoms with Crippen molar-refractivity contribution in [3.63, 3.8) is 0 Å². The van der Waals surface area contributed by atoms with Gasteiger partial charge in [-0.2, -0.15) is 9.41 Å². The van der Waals surface area contributed by atoms with Crippen molar-refractivity contribution in [1.82, 2.24) is 9.21 Å². The molecule has 3 aliphatic heterocycles. The van der Waals surface area contributed by atoms with Crippen LogP contribution in [-0.4, -0.2) is 92.5 Å². The highest BCUT2D eigenvalue weighted by molar-refractivity contribution is 7.95. The molecule has 3 aliphatic rings. The third kappa shape index (κ3) is 4.36. The van der Waals surface area contributed by atoms with Crippen molar-refractivity contribution in [3.8, 4) is 0 Å². The zero-order chi connectivity index (χ0) is 23.1. The highest BCUT2D eigenvalue weighted by Gasteiger charge is 2.42. The molecule has 2 atom stereocenters. The Morgan fingerprint density at radius 3 is 2.28 bits per heavy atom. The lowest BCUT2D eigenvalue weighted by Gasteiger charge is -2.35. The van der Waals surface area contributed by atoms with Gasteiger partial charge < -0.3 is 10.6 Å². The van der Waals surface area contributed by atoms with E-state index in [4.69, 9.17) is 5.73 Å². The number of sulfonamides is 1. The Hall–Kier alpha value is -2.51. The Bertz CT molecular complexity index is 1140. The molecule has 11 nitrogen and oxygen atoms in total. The predicted molar refractivity (Wildman–Crippen MR) is 118 cm³/mol. The number of anilines is 1. The van der Waals surface area contributed by atoms with E-state index in [0.717, 1.165) is 0 Å². The fraction of sp³-hybridized carbons (Fsp3) is 0.526. The Morgan fingerprint density at radius 1 is 1.06 bits per heavy atom. The number of hydrogen-bond acceptors (Lipinski definition) is 8. The molecule has 2 amide bonds. The van der Waals surface area contributed by atoms with Gasteiger partial charge in [0.25, 0.3) is 5.91 Å². The number of hydrazone groups is 1. The highest BCUT2D eigenvalue weighted by Crippen LogP contribution is 2.26. The summed E-state index contributed by atoms with van der Waals surface area (Å²) in [6.45, 7) is 0.478. The number of nitrogens with zero attached hydrogens (tertiary/aromatic N) is 4. The molecule has 4 rings (SSSR count). The lowest BCUT2D eigenvalue weighted by atomic mass is 10.1. The summed E-state index contributed by atoms with van der Waals surface area (Å²) in [4.78, 5) is 26.4. The van der Waals surface area contributed by atoms with Gasteiger partial charge in [-0.15, -0.1) is 0 Å². The van der Waals surface area contributed by atoms with E-state index in [2.05, 4.69) is 5.10 Å². The number of primary amides is 1. The van der Waals surface area contributed by atoms with Crippen molar-refractivity contribution in [3.05, 3.63) is 30.3 Å². The highest BCUT2D eigenvalue weighted by atomic mass is 32.2. The van der Waals surface area contributed by atoms with Gasteiger partial charge in [0.05, 0.1) is 22.4 Å². The predicted octanol–water partition coefficient (Wildman–Crippen LogP) is -1.23. The number of para-hydroxylation sites is 1. The number of nitrogens with two attached hydrogens (primary N) is 1. The smallest absolute Gasteiger partial charge is 0.270 e. The van der Waals surface area contributed by atoms with Crippen molar-refractivity contribution in [2.45, 2.75) is 24.1 Å². The number of piperazine rings is 1. The molecule has 174 valence electrons. The van der Waals surface area contributed by atoms with Crippen LogP contribution in [0.4, 0.5) is 5.69 Å². The van der Waals surface area contributed by atoms with Crippen LogP contribution >= 0.6 is 0 Å². The molecule has 0 saturated carbocycles. The third-order valence-electron chi connectivity index (χ3n) is 6.00. The molecule has 2 N–H and O–H groups in total. The lowest BCUT2D eigenvalue weighted by molar-refractivity contribution is -0.125. The molecule has 3 heterocycles. The molecular weight excluding hydrogens is 458 g/mol. The van der Waals surface area contributed by atoms with Crippen molar-refractivity contribution in [2.75, 3.05) is 42.7 Å². The summed E-state index contributed by atoms with van der Waals surface area (Å²) in [6, 6.07) is 8.15. The van der Waals surface area contributed by atoms with Crippen LogP contribution in [0.5, 0.6) is 0 Å². The number of carbonyl (C=O) groups is 2. The van der Waals surface area contributed by atoms with Crippen LogP contribution in [-0.2, 0) is 29.4 Å². The monoisotopic (exact) mass is 483 g/mol. The summed E-state index contributed by atoms with van der Waals surface area (Å²) in [7, 11) is -7.07. The van der Waals surface area contributed by atoms with Crippen LogP contribution in [0.3, 0.4) is 0 Å². The normalized spacial score (nSPS) is 26.2. The van der Waals surface area contributed by atoms with Crippen LogP contribution in [0.15, 0.2) is 35.4 Å². The van der Waals surface area contributed by atoms with Crippen molar-refractivity contribution in [2.24, 2.45) is 10.8 Å². The minimum Gasteiger partial charge on any atom is -0.368 e. The number of amides is 2. The van der Waals surface area contributed by atoms with Crippen LogP contribution in [0.2, 0.25) is 0 Å². The van der Waals surface area contributed by atoms with Gasteiger partial charge in [0.2, 0.25) is 15.9 Å². The standard InChI is InChI=1S/C19H25N5O6S2/c20-18(25)17-12-16(21-24(17)14-4-2-1-3-5-14)19(26)22-7-9-23(10-8-22)32(29,30)15-6-11-31(27,28)13-15/h1-5,15,17H,6-13H2,(H2,20,25). The van der Waals surface area contributed by atoms with E-state index in [1.807, 2.05) is 6.07 Å². The molecule has 1 aromatic rings. The molecule has 0 aliphatic carbocycles. The average molecular weight is 484 g/mol. The quantitative estimate of drug-likeness (QED) is 0.551. The zero-order valence-corrected chi connectivity index (χ0v) is 19.0. The van der Waals surface area contributed by atoms with Gasteiger partial charge in [0.1, 0.15) is 11.8 Å². The summed E-state index contributed by atoms with van der Waals surface area (Å²) >= 11 is 0. The zero-order valence-electron chi connectivity index (χ0n) is 17.3. The van der Waals surface area contributed by atoms with Crippen LogP contribution in [0, 0.1) is 0 Å². The fourth-order valence-electron chi connectivity index (χ4n) is 4.21. The van der Waals surface area contributed by atoms with E-state index in [-0.39, 0.29) is 62.1 Å². The minimum atomic E-state index is -3.75. The molecule has 2 unspecified atom stereocenters. The summed E-state index contributed by atoms with van der Waals surface area (Å²) in [5, 5.41) is 4.86. The summed E-state index contributed by atoms with van der Waals surface area (Å²) in [5.41, 5.74) is 6.35. The van der Waals surface area contributed by atoms with E-state index in [1.54, 1.807) is 24.3 Å². The van der Waals surface area contributed by atoms with E-state index < -0.39 is 37.1 Å². The van der Waals surface area contributed by atoms with Crippen LogP contribution < -0.4 is 10.7 Å². The number of benzene rings is 1. The second-order valence-corrected chi connectivity index (χ2v) is 12.6. The summed E-state index contributed by atoms with van der Waals surface area (Å²) < 4.78 is 50.2. The molecule has 13 heteroatoms. The van der Waals surface area contributed by atoms with E-state index in [1.165, 1.54) is 14.2 Å². The maximum atomic E-state index is 13.0. The van der Waals surface area contributed by atoms with E-state index >= 15 is 0 Å². The van der Waals surface area contributed by atoms with Crippen LogP contribution in [0.1, 0.15) is 12.8 Å². The Morgan fingerprint density at radius 2 is 1.72 bits per heavy atom. The molecule has 2 saturated heterocycles. The van der Waals surface area contributed by atoms with Crippen LogP contribution in [0.25, 0.3) is 0 Å². The first-order chi connectivity index (χ1) is 15.1. The lowest BCUT2D eigenvalue weighted by Crippen LogP contribution is -2.54. The largest absolute Gasteiger partial charge is 0.368 e. The van der Waals surface area contributed by atoms with Crippen molar-refractivity contribution in [1.29, 1.82) is 0 Å². The molecule has 0 spiro atoms. The minimum absolute atomic E-state index is 0.0709. The van der Waals surface area contributed by atoms with Gasteiger partial charge >= 0.3 is 0 Å². The Kier molecular flexibility index (Phi) is 5.98. The van der Waals surface area contributed by atoms with Gasteiger partial charge in [-0.25, -0.2) is 16.8 Å². The van der Waals surface area contributed by atoms with E-state index in [9.17, 15) is 26.4 Å². The van der Waals surface area contributed by atoms with Gasteiger partial charge in [0.15, 0.2) is 9.84 Å². The Balaban J connectivity index is 1.43. The second-order valence-electron chi connectivity index (χ2n) is 8.11. The number of carbonyl (C=O) groups excluding carboxylic acids is 2. The van der Waals surface area contributed by atoms with Gasteiger partial charge in [-0.3, -0.25) is 14.6 Å². The van der Waals surface area contributed by atoms with E-state index in [0.29, 0.717) is 5.69 Å². The molecule has 0 aromatic heterocycles. The molecular formula is C19H25N5O6S2. The SMILES string of the molecule is NC(=O)C1CC(C(=O)N2CCN(S(=O)(=O)C3CCS(=O)(=O)C3)CC2)=NN1c1ccccc1. The molecule has 32 heavy (non-hydrogen) atoms. The second kappa shape index (κ2) is 8.45. The molecule has 1 aromatic carbocycles. The van der Waals surface area contributed by atoms with Gasteiger partial charge in [0, 0.05) is 32.6 Å². The number of rotatable bonds is 5. The Labute approximate surface area is 186 Å². The number of sulfone groups is 1. The summed E-state index contributed by atoms with van der Waals surface area (Å²) in [6.07, 6.45) is 0.173. The van der Waals surface area contributed by atoms with Crippen molar-refractivity contribution < 1.29 is 26.4 Å². The first kappa shape index (κ1) is 22.7. The maximum Gasteiger partial charge on any atom is 0.270 e. The topological polar surface area (TPSA) is 151 Å². The summed E-state index contributed by atoms with van der Waals surface area (Å²) in [5.74, 6) is -1.43. The number of hydrogen-bond donors (Lipinski definition) is 1. The average Bonchev–Trinajstić information content (AvgIpc) is 3.38. The molecule has 0 bridgehead atoms. The fourth-order valence-corrected chi connectivity index (χ4v) is 8.73. The molecule has 2 fully saturated rings. The first-order valence-corrected chi connectivity index (χ1v) is 13.6. The first-order valence-electron chi connectivity index (χ1n) is 10.3. The maximum absolute atomic E-state index is 13.0. The van der Waals surface area contributed by atoms with Crippen molar-refractivity contribution >= 4 is 43.1 Å². The van der Waals surface area contributed by atoms with Gasteiger partial charge in [-0.1, -0.05) is 18.2 Å².